The van der Waals surface area contributed by atoms with Crippen molar-refractivity contribution in [2.45, 2.75) is 58.5 Å². The molecule has 0 saturated heterocycles. The number of carbonyl (C=O) groups excluding carboxylic acids is 1. The van der Waals surface area contributed by atoms with E-state index >= 15 is 0 Å². The molecule has 2 amide bonds. The number of hydrogen-bond donors (Lipinski definition) is 2. The zero-order valence-corrected chi connectivity index (χ0v) is 12.0. The number of rotatable bonds is 8. The molecule has 0 spiro atoms. The smallest absolute Gasteiger partial charge is 0.315 e. The molecule has 1 heterocycles. The number of urea groups is 1. The van der Waals surface area contributed by atoms with E-state index in [1.807, 2.05) is 12.1 Å². The zero-order chi connectivity index (χ0) is 13.9. The summed E-state index contributed by atoms with van der Waals surface area (Å²) in [5.74, 6) is 0. The van der Waals surface area contributed by atoms with Crippen LogP contribution in [0, 0.1) is 0 Å². The molecule has 0 aliphatic heterocycles. The Bertz CT molecular complexity index is 354. The van der Waals surface area contributed by atoms with Crippen LogP contribution in [0.2, 0.25) is 0 Å². The first kappa shape index (κ1) is 15.5. The summed E-state index contributed by atoms with van der Waals surface area (Å²) in [4.78, 5) is 15.7. The number of nitrogens with one attached hydrogen (secondary N) is 2. The molecule has 0 fully saturated rings. The highest BCUT2D eigenvalue weighted by Gasteiger charge is 2.06. The second-order valence-corrected chi connectivity index (χ2v) is 4.94. The molecular formula is C15H25N3O. The highest BCUT2D eigenvalue weighted by Crippen LogP contribution is 2.05. The van der Waals surface area contributed by atoms with Crippen molar-refractivity contribution in [3.63, 3.8) is 0 Å². The first-order valence-electron chi connectivity index (χ1n) is 7.15. The van der Waals surface area contributed by atoms with Gasteiger partial charge in [-0.25, -0.2) is 4.79 Å². The molecule has 4 nitrogen and oxygen atoms in total. The van der Waals surface area contributed by atoms with Crippen LogP contribution in [0.15, 0.2) is 24.5 Å². The second kappa shape index (κ2) is 9.36. The zero-order valence-electron chi connectivity index (χ0n) is 12.0. The van der Waals surface area contributed by atoms with Gasteiger partial charge in [0.1, 0.15) is 0 Å². The molecule has 1 rings (SSSR count). The van der Waals surface area contributed by atoms with Crippen molar-refractivity contribution in [3.8, 4) is 0 Å². The van der Waals surface area contributed by atoms with Gasteiger partial charge < -0.3 is 10.6 Å². The maximum Gasteiger partial charge on any atom is 0.315 e. The third-order valence-electron chi connectivity index (χ3n) is 3.04. The van der Waals surface area contributed by atoms with Gasteiger partial charge in [0.15, 0.2) is 0 Å². The Hall–Kier alpha value is -1.58. The molecule has 0 aromatic carbocycles. The third-order valence-corrected chi connectivity index (χ3v) is 3.04. The van der Waals surface area contributed by atoms with Crippen LogP contribution in [0.25, 0.3) is 0 Å². The number of nitrogens with zero attached hydrogens (tertiary/aromatic N) is 1. The molecule has 2 N–H and O–H groups in total. The Morgan fingerprint density at radius 1 is 1.37 bits per heavy atom. The highest BCUT2D eigenvalue weighted by atomic mass is 16.2. The lowest BCUT2D eigenvalue weighted by atomic mass is 10.1. The van der Waals surface area contributed by atoms with Gasteiger partial charge >= 0.3 is 6.03 Å². The largest absolute Gasteiger partial charge is 0.336 e. The number of hydrogen-bond acceptors (Lipinski definition) is 2. The molecule has 0 aliphatic carbocycles. The van der Waals surface area contributed by atoms with Crippen molar-refractivity contribution in [3.05, 3.63) is 30.1 Å². The minimum absolute atomic E-state index is 0.105. The summed E-state index contributed by atoms with van der Waals surface area (Å²) in [5.41, 5.74) is 1.01. The van der Waals surface area contributed by atoms with Crippen LogP contribution in [-0.2, 0) is 6.54 Å². The summed E-state index contributed by atoms with van der Waals surface area (Å²) in [6.07, 6.45) is 9.47. The van der Waals surface area contributed by atoms with E-state index in [4.69, 9.17) is 0 Å². The van der Waals surface area contributed by atoms with E-state index in [9.17, 15) is 4.79 Å². The lowest BCUT2D eigenvalue weighted by Crippen LogP contribution is -2.40. The van der Waals surface area contributed by atoms with Crippen molar-refractivity contribution in [1.82, 2.24) is 15.6 Å². The predicted molar refractivity (Wildman–Crippen MR) is 77.8 cm³/mol. The molecule has 0 bridgehead atoms. The summed E-state index contributed by atoms with van der Waals surface area (Å²) >= 11 is 0. The van der Waals surface area contributed by atoms with Gasteiger partial charge in [-0.1, -0.05) is 38.7 Å². The van der Waals surface area contributed by atoms with Crippen LogP contribution < -0.4 is 10.6 Å². The van der Waals surface area contributed by atoms with E-state index in [1.165, 1.54) is 25.7 Å². The summed E-state index contributed by atoms with van der Waals surface area (Å²) in [7, 11) is 0. The van der Waals surface area contributed by atoms with E-state index in [-0.39, 0.29) is 12.1 Å². The first-order chi connectivity index (χ1) is 9.22. The second-order valence-electron chi connectivity index (χ2n) is 4.94. The minimum Gasteiger partial charge on any atom is -0.336 e. The number of pyridine rings is 1. The van der Waals surface area contributed by atoms with Crippen LogP contribution in [0.1, 0.15) is 51.5 Å². The van der Waals surface area contributed by atoms with Gasteiger partial charge in [-0.15, -0.1) is 0 Å². The lowest BCUT2D eigenvalue weighted by molar-refractivity contribution is 0.236. The van der Waals surface area contributed by atoms with E-state index < -0.39 is 0 Å². The van der Waals surface area contributed by atoms with Crippen molar-refractivity contribution in [2.75, 3.05) is 0 Å². The SMILES string of the molecule is CCCCCCC(C)NC(=O)NCc1cccnc1. The maximum absolute atomic E-state index is 11.7. The molecule has 19 heavy (non-hydrogen) atoms. The standard InChI is InChI=1S/C15H25N3O/c1-3-4-5-6-8-13(2)18-15(19)17-12-14-9-7-10-16-11-14/h7,9-11,13H,3-6,8,12H2,1-2H3,(H2,17,18,19). The summed E-state index contributed by atoms with van der Waals surface area (Å²) < 4.78 is 0. The molecular weight excluding hydrogens is 238 g/mol. The molecule has 1 atom stereocenters. The summed E-state index contributed by atoms with van der Waals surface area (Å²) in [5, 5.41) is 5.80. The van der Waals surface area contributed by atoms with Crippen molar-refractivity contribution in [1.29, 1.82) is 0 Å². The monoisotopic (exact) mass is 263 g/mol. The highest BCUT2D eigenvalue weighted by molar-refractivity contribution is 5.74. The van der Waals surface area contributed by atoms with Gasteiger partial charge in [0.2, 0.25) is 0 Å². The number of unbranched alkanes of at least 4 members (excludes halogenated alkanes) is 3. The van der Waals surface area contributed by atoms with Crippen molar-refractivity contribution in [2.24, 2.45) is 0 Å². The molecule has 1 aromatic heterocycles. The summed E-state index contributed by atoms with van der Waals surface area (Å²) in [6, 6.07) is 3.94. The van der Waals surface area contributed by atoms with Crippen molar-refractivity contribution < 1.29 is 4.79 Å². The normalized spacial score (nSPS) is 11.9. The lowest BCUT2D eigenvalue weighted by Gasteiger charge is -2.14. The Morgan fingerprint density at radius 2 is 2.21 bits per heavy atom. The molecule has 0 saturated carbocycles. The van der Waals surface area contributed by atoms with E-state index in [1.54, 1.807) is 12.4 Å². The Labute approximate surface area is 116 Å². The number of amides is 2. The maximum atomic E-state index is 11.7. The van der Waals surface area contributed by atoms with Gasteiger partial charge in [0.05, 0.1) is 0 Å². The molecule has 1 unspecified atom stereocenters. The molecule has 106 valence electrons. The number of aromatic nitrogens is 1. The Balaban J connectivity index is 2.13. The van der Waals surface area contributed by atoms with E-state index in [0.717, 1.165) is 12.0 Å². The van der Waals surface area contributed by atoms with Crippen LogP contribution >= 0.6 is 0 Å². The number of carbonyl (C=O) groups is 1. The average molecular weight is 263 g/mol. The Morgan fingerprint density at radius 3 is 2.89 bits per heavy atom. The van der Waals surface area contributed by atoms with Crippen LogP contribution in [0.4, 0.5) is 4.79 Å². The van der Waals surface area contributed by atoms with Gasteiger partial charge in [0, 0.05) is 25.0 Å². The minimum atomic E-state index is -0.105. The fraction of sp³-hybridized carbons (Fsp3) is 0.600. The van der Waals surface area contributed by atoms with Crippen LogP contribution in [0.5, 0.6) is 0 Å². The van der Waals surface area contributed by atoms with Gasteiger partial charge in [-0.3, -0.25) is 4.98 Å². The Kier molecular flexibility index (Phi) is 7.63. The van der Waals surface area contributed by atoms with Gasteiger partial charge in [0.25, 0.3) is 0 Å². The first-order valence-corrected chi connectivity index (χ1v) is 7.15. The summed E-state index contributed by atoms with van der Waals surface area (Å²) in [6.45, 7) is 4.77. The van der Waals surface area contributed by atoms with Gasteiger partial charge in [-0.2, -0.15) is 0 Å². The van der Waals surface area contributed by atoms with Crippen LogP contribution in [0.3, 0.4) is 0 Å². The molecule has 0 radical (unpaired) electrons. The third kappa shape index (κ3) is 7.44. The molecule has 1 aromatic rings. The van der Waals surface area contributed by atoms with Crippen LogP contribution in [-0.4, -0.2) is 17.1 Å². The quantitative estimate of drug-likeness (QED) is 0.707. The molecule has 0 aliphatic rings. The van der Waals surface area contributed by atoms with Gasteiger partial charge in [-0.05, 0) is 25.0 Å². The topological polar surface area (TPSA) is 54.0 Å². The van der Waals surface area contributed by atoms with E-state index in [0.29, 0.717) is 6.54 Å². The fourth-order valence-corrected chi connectivity index (χ4v) is 1.91. The van der Waals surface area contributed by atoms with E-state index in [2.05, 4.69) is 29.5 Å². The average Bonchev–Trinajstić information content (AvgIpc) is 2.42. The predicted octanol–water partition coefficient (Wildman–Crippen LogP) is 3.24. The van der Waals surface area contributed by atoms with Crippen molar-refractivity contribution >= 4 is 6.03 Å². The fourth-order valence-electron chi connectivity index (χ4n) is 1.91. The molecule has 4 heteroatoms.